The molecule has 1 rings (SSSR count). The Morgan fingerprint density at radius 1 is 1.36 bits per heavy atom. The Morgan fingerprint density at radius 3 is 2.21 bits per heavy atom. The van der Waals surface area contributed by atoms with Crippen LogP contribution in [0.2, 0.25) is 0 Å². The Morgan fingerprint density at radius 2 is 1.86 bits per heavy atom. The summed E-state index contributed by atoms with van der Waals surface area (Å²) in [6, 6.07) is 0. The molecule has 0 aliphatic heterocycles. The van der Waals surface area contributed by atoms with Crippen LogP contribution in [-0.4, -0.2) is 15.4 Å². The molecule has 0 spiro atoms. The minimum Gasteiger partial charge on any atom is -0.290 e. The van der Waals surface area contributed by atoms with Crippen LogP contribution in [0.5, 0.6) is 0 Å². The smallest absolute Gasteiger partial charge is 0.239 e. The van der Waals surface area contributed by atoms with Crippen molar-refractivity contribution in [3.8, 4) is 0 Å². The van der Waals surface area contributed by atoms with Crippen LogP contribution in [0, 0.1) is 5.41 Å². The normalized spacial score (nSPS) is 29.1. The first-order valence-electron chi connectivity index (χ1n) is 3.70. The predicted octanol–water partition coefficient (Wildman–Crippen LogP) is 3.03. The second-order valence-corrected chi connectivity index (χ2v) is 6.03. The highest BCUT2D eigenvalue weighted by Gasteiger charge is 2.48. The molecule has 0 N–H and O–H groups in total. The van der Waals surface area contributed by atoms with Crippen LogP contribution in [0.1, 0.15) is 13.3 Å². The van der Waals surface area contributed by atoms with E-state index in [-0.39, 0.29) is 11.5 Å². The molecule has 0 unspecified atom stereocenters. The van der Waals surface area contributed by atoms with Crippen molar-refractivity contribution in [2.24, 2.45) is 5.41 Å². The SMILES string of the molecule is C[C@]1(C(Cl)(Cl)Cl)C=C(Cl)C(=O)C(=O)C1. The molecular weight excluding hydrogens is 270 g/mol. The monoisotopic (exact) mass is 274 g/mol. The van der Waals surface area contributed by atoms with Crippen LogP contribution in [0.15, 0.2) is 11.1 Å². The average Bonchev–Trinajstić information content (AvgIpc) is 1.98. The topological polar surface area (TPSA) is 34.1 Å². The number of allylic oxidation sites excluding steroid dienone is 2. The Labute approximate surface area is 101 Å². The second-order valence-electron chi connectivity index (χ2n) is 3.34. The summed E-state index contributed by atoms with van der Waals surface area (Å²) in [5.41, 5.74) is -1.03. The Balaban J connectivity index is 3.18. The summed E-state index contributed by atoms with van der Waals surface area (Å²) in [6.45, 7) is 1.56. The minimum atomic E-state index is -1.66. The molecule has 0 heterocycles. The summed E-state index contributed by atoms with van der Waals surface area (Å²) in [6.07, 6.45) is 1.18. The summed E-state index contributed by atoms with van der Waals surface area (Å²) in [4.78, 5) is 22.3. The van der Waals surface area contributed by atoms with Gasteiger partial charge in [-0.05, 0) is 0 Å². The summed E-state index contributed by atoms with van der Waals surface area (Å²) in [7, 11) is 0. The quantitative estimate of drug-likeness (QED) is 0.503. The lowest BCUT2D eigenvalue weighted by atomic mass is 9.81. The lowest BCUT2D eigenvalue weighted by Crippen LogP contribution is -2.38. The van der Waals surface area contributed by atoms with Crippen LogP contribution in [0.25, 0.3) is 0 Å². The largest absolute Gasteiger partial charge is 0.290 e. The van der Waals surface area contributed by atoms with E-state index in [1.165, 1.54) is 6.08 Å². The van der Waals surface area contributed by atoms with Gasteiger partial charge in [0.25, 0.3) is 0 Å². The molecule has 0 amide bonds. The molecule has 1 atom stereocenters. The van der Waals surface area contributed by atoms with Crippen molar-refractivity contribution in [3.05, 3.63) is 11.1 Å². The van der Waals surface area contributed by atoms with E-state index in [4.69, 9.17) is 46.4 Å². The van der Waals surface area contributed by atoms with Crippen LogP contribution in [-0.2, 0) is 9.59 Å². The zero-order chi connectivity index (χ0) is 11.1. The first kappa shape index (κ1) is 12.3. The Bertz CT molecular complexity index is 329. The molecule has 6 heteroatoms. The number of rotatable bonds is 0. The third-order valence-corrected chi connectivity index (χ3v) is 3.67. The van der Waals surface area contributed by atoms with Crippen molar-refractivity contribution in [1.82, 2.24) is 0 Å². The standard InChI is InChI=1S/C8H6Cl4O2/c1-7(8(10,11)12)2-4(9)6(14)5(13)3-7/h2H,3H2,1H3/t7-/m0/s1. The molecule has 14 heavy (non-hydrogen) atoms. The molecule has 0 radical (unpaired) electrons. The maximum atomic E-state index is 11.2. The van der Waals surface area contributed by atoms with Gasteiger partial charge in [-0.15, -0.1) is 0 Å². The molecule has 0 aromatic rings. The van der Waals surface area contributed by atoms with Crippen molar-refractivity contribution >= 4 is 58.0 Å². The van der Waals surface area contributed by atoms with Gasteiger partial charge >= 0.3 is 0 Å². The van der Waals surface area contributed by atoms with Crippen LogP contribution in [0.3, 0.4) is 0 Å². The van der Waals surface area contributed by atoms with Crippen molar-refractivity contribution in [2.75, 3.05) is 0 Å². The number of carbonyl (C=O) groups excluding carboxylic acids is 2. The highest BCUT2D eigenvalue weighted by atomic mass is 35.6. The Kier molecular flexibility index (Phi) is 3.23. The lowest BCUT2D eigenvalue weighted by molar-refractivity contribution is -0.135. The lowest BCUT2D eigenvalue weighted by Gasteiger charge is -2.34. The number of alkyl halides is 3. The Hall–Kier alpha value is 0.240. The van der Waals surface area contributed by atoms with Gasteiger partial charge in [-0.1, -0.05) is 59.4 Å². The van der Waals surface area contributed by atoms with Gasteiger partial charge in [0.1, 0.15) is 0 Å². The van der Waals surface area contributed by atoms with E-state index in [1.807, 2.05) is 0 Å². The van der Waals surface area contributed by atoms with Crippen LogP contribution < -0.4 is 0 Å². The summed E-state index contributed by atoms with van der Waals surface area (Å²) in [5, 5.41) is -0.185. The van der Waals surface area contributed by atoms with Crippen molar-refractivity contribution < 1.29 is 9.59 Å². The van der Waals surface area contributed by atoms with E-state index in [1.54, 1.807) is 6.92 Å². The van der Waals surface area contributed by atoms with Crippen molar-refractivity contribution in [1.29, 1.82) is 0 Å². The van der Waals surface area contributed by atoms with E-state index < -0.39 is 20.8 Å². The highest BCUT2D eigenvalue weighted by molar-refractivity contribution is 6.69. The fourth-order valence-electron chi connectivity index (χ4n) is 1.13. The molecular formula is C8H6Cl4O2. The van der Waals surface area contributed by atoms with Gasteiger partial charge in [0, 0.05) is 11.8 Å². The number of hydrogen-bond donors (Lipinski definition) is 0. The molecule has 2 nitrogen and oxygen atoms in total. The van der Waals surface area contributed by atoms with E-state index in [0.29, 0.717) is 0 Å². The molecule has 1 aliphatic carbocycles. The van der Waals surface area contributed by atoms with Gasteiger partial charge in [0.15, 0.2) is 3.79 Å². The van der Waals surface area contributed by atoms with Gasteiger partial charge < -0.3 is 0 Å². The van der Waals surface area contributed by atoms with Gasteiger partial charge in [0.05, 0.1) is 5.03 Å². The average molecular weight is 276 g/mol. The number of hydrogen-bond acceptors (Lipinski definition) is 2. The highest BCUT2D eigenvalue weighted by Crippen LogP contribution is 2.50. The minimum absolute atomic E-state index is 0.140. The van der Waals surface area contributed by atoms with E-state index >= 15 is 0 Å². The summed E-state index contributed by atoms with van der Waals surface area (Å²) in [5.74, 6) is -1.36. The molecule has 0 saturated carbocycles. The fraction of sp³-hybridized carbons (Fsp3) is 0.500. The molecule has 0 saturated heterocycles. The predicted molar refractivity (Wildman–Crippen MR) is 57.0 cm³/mol. The van der Waals surface area contributed by atoms with Crippen molar-refractivity contribution in [3.63, 3.8) is 0 Å². The van der Waals surface area contributed by atoms with Crippen LogP contribution >= 0.6 is 46.4 Å². The molecule has 0 bridgehead atoms. The molecule has 0 aromatic carbocycles. The van der Waals surface area contributed by atoms with Gasteiger partial charge in [-0.2, -0.15) is 0 Å². The molecule has 0 aromatic heterocycles. The van der Waals surface area contributed by atoms with Crippen molar-refractivity contribution in [2.45, 2.75) is 17.1 Å². The fourth-order valence-corrected chi connectivity index (χ4v) is 1.84. The molecule has 78 valence electrons. The summed E-state index contributed by atoms with van der Waals surface area (Å²) < 4.78 is -1.66. The summed E-state index contributed by atoms with van der Waals surface area (Å²) >= 11 is 22.7. The third kappa shape index (κ3) is 2.08. The molecule has 0 fully saturated rings. The zero-order valence-electron chi connectivity index (χ0n) is 7.11. The van der Waals surface area contributed by atoms with E-state index in [9.17, 15) is 9.59 Å². The van der Waals surface area contributed by atoms with Gasteiger partial charge in [-0.3, -0.25) is 9.59 Å². The maximum absolute atomic E-state index is 11.2. The zero-order valence-corrected chi connectivity index (χ0v) is 10.1. The van der Waals surface area contributed by atoms with Crippen LogP contribution in [0.4, 0.5) is 0 Å². The van der Waals surface area contributed by atoms with E-state index in [0.717, 1.165) is 0 Å². The van der Waals surface area contributed by atoms with E-state index in [2.05, 4.69) is 0 Å². The first-order chi connectivity index (χ1) is 6.17. The number of carbonyl (C=O) groups is 2. The number of ketones is 2. The van der Waals surface area contributed by atoms with Gasteiger partial charge in [0.2, 0.25) is 11.6 Å². The molecule has 1 aliphatic rings. The third-order valence-electron chi connectivity index (χ3n) is 2.09. The maximum Gasteiger partial charge on any atom is 0.239 e. The second kappa shape index (κ2) is 3.67. The first-order valence-corrected chi connectivity index (χ1v) is 5.21. The number of Topliss-reactive ketones (excluding diaryl/α,β-unsaturated/α-hetero) is 2. The van der Waals surface area contributed by atoms with Gasteiger partial charge in [-0.25, -0.2) is 0 Å². The number of halogens is 4.